The number of benzene rings is 1. The summed E-state index contributed by atoms with van der Waals surface area (Å²) in [6.45, 7) is 6.41. The third kappa shape index (κ3) is 2.64. The second kappa shape index (κ2) is 6.23. The highest BCUT2D eigenvalue weighted by Crippen LogP contribution is 2.46. The average Bonchev–Trinajstić information content (AvgIpc) is 3.37. The van der Waals surface area contributed by atoms with Gasteiger partial charge in [0.05, 0.1) is 23.7 Å². The van der Waals surface area contributed by atoms with Crippen molar-refractivity contribution in [3.05, 3.63) is 70.5 Å². The molecule has 2 N–H and O–H groups in total. The molecule has 0 saturated heterocycles. The van der Waals surface area contributed by atoms with E-state index in [0.717, 1.165) is 39.7 Å². The Morgan fingerprint density at radius 3 is 2.70 bits per heavy atom. The molecule has 0 aliphatic carbocycles. The zero-order valence-corrected chi connectivity index (χ0v) is 17.0. The number of carboxylic acid groups (broad SMARTS) is 1. The van der Waals surface area contributed by atoms with Crippen molar-refractivity contribution in [1.29, 1.82) is 0 Å². The zero-order valence-electron chi connectivity index (χ0n) is 17.0. The van der Waals surface area contributed by atoms with E-state index in [9.17, 15) is 14.7 Å². The van der Waals surface area contributed by atoms with Crippen molar-refractivity contribution in [2.45, 2.75) is 33.2 Å². The highest BCUT2D eigenvalue weighted by atomic mass is 16.4. The van der Waals surface area contributed by atoms with Crippen LogP contribution >= 0.6 is 0 Å². The molecular weight excluding hydrogens is 380 g/mol. The number of nitrogens with one attached hydrogen (secondary N) is 1. The second-order valence-electron chi connectivity index (χ2n) is 8.96. The molecule has 3 aromatic heterocycles. The topological polar surface area (TPSA) is 88.2 Å². The Kier molecular flexibility index (Phi) is 3.84. The maximum Gasteiger partial charge on any atom is 0.341 e. The number of hydrogen-bond acceptors (Lipinski definition) is 3. The molecular formula is C24H22N2O4. The van der Waals surface area contributed by atoms with E-state index in [-0.39, 0.29) is 17.0 Å². The van der Waals surface area contributed by atoms with Crippen LogP contribution in [0, 0.1) is 5.41 Å². The number of carboxylic acids is 1. The van der Waals surface area contributed by atoms with E-state index in [0.29, 0.717) is 0 Å². The predicted octanol–water partition coefficient (Wildman–Crippen LogP) is 5.10. The van der Waals surface area contributed by atoms with Crippen LogP contribution in [0.2, 0.25) is 0 Å². The van der Waals surface area contributed by atoms with Gasteiger partial charge in [0.15, 0.2) is 5.43 Å². The molecule has 152 valence electrons. The Hall–Kier alpha value is -3.54. The Morgan fingerprint density at radius 2 is 2.03 bits per heavy atom. The fourth-order valence-corrected chi connectivity index (χ4v) is 4.59. The van der Waals surface area contributed by atoms with E-state index in [1.54, 1.807) is 12.5 Å². The number of pyridine rings is 1. The number of furan rings is 1. The first-order chi connectivity index (χ1) is 14.3. The molecule has 1 aliphatic rings. The number of nitrogens with zero attached hydrogens (tertiary/aromatic N) is 1. The molecule has 0 radical (unpaired) electrons. The Bertz CT molecular complexity index is 1350. The smallest absolute Gasteiger partial charge is 0.341 e. The molecule has 0 fully saturated rings. The summed E-state index contributed by atoms with van der Waals surface area (Å²) in [5.41, 5.74) is 5.01. The quantitative estimate of drug-likeness (QED) is 0.488. The summed E-state index contributed by atoms with van der Waals surface area (Å²) in [5.74, 6) is -1.20. The van der Waals surface area contributed by atoms with Gasteiger partial charge in [0, 0.05) is 46.6 Å². The van der Waals surface area contributed by atoms with Crippen molar-refractivity contribution in [3.8, 4) is 22.4 Å². The zero-order chi connectivity index (χ0) is 21.2. The van der Waals surface area contributed by atoms with Crippen molar-refractivity contribution >= 4 is 16.9 Å². The summed E-state index contributed by atoms with van der Waals surface area (Å²) in [7, 11) is 0. The van der Waals surface area contributed by atoms with E-state index in [4.69, 9.17) is 4.42 Å². The molecule has 6 heteroatoms. The number of rotatable bonds is 2. The van der Waals surface area contributed by atoms with Crippen molar-refractivity contribution in [2.24, 2.45) is 5.41 Å². The average molecular weight is 402 g/mol. The summed E-state index contributed by atoms with van der Waals surface area (Å²) in [6.07, 6.45) is 7.52. The number of hydrogen-bond donors (Lipinski definition) is 2. The van der Waals surface area contributed by atoms with E-state index >= 15 is 0 Å². The molecule has 1 aromatic carbocycles. The molecule has 30 heavy (non-hydrogen) atoms. The first-order valence-corrected chi connectivity index (χ1v) is 9.91. The molecule has 1 aliphatic heterocycles. The van der Waals surface area contributed by atoms with Gasteiger partial charge in [-0.05, 0) is 35.6 Å². The third-order valence-electron chi connectivity index (χ3n) is 6.11. The van der Waals surface area contributed by atoms with Crippen LogP contribution in [0.25, 0.3) is 33.3 Å². The number of H-pyrrole nitrogens is 1. The van der Waals surface area contributed by atoms with E-state index < -0.39 is 11.4 Å². The van der Waals surface area contributed by atoms with Gasteiger partial charge in [0.2, 0.25) is 0 Å². The van der Waals surface area contributed by atoms with Crippen molar-refractivity contribution in [1.82, 2.24) is 9.55 Å². The molecule has 1 atom stereocenters. The summed E-state index contributed by atoms with van der Waals surface area (Å²) < 4.78 is 7.27. The Labute approximate surface area is 172 Å². The number of aromatic nitrogens is 2. The van der Waals surface area contributed by atoms with Gasteiger partial charge in [-0.3, -0.25) is 4.79 Å². The minimum atomic E-state index is -1.20. The van der Waals surface area contributed by atoms with Gasteiger partial charge in [-0.2, -0.15) is 0 Å². The molecule has 6 nitrogen and oxygen atoms in total. The van der Waals surface area contributed by atoms with Crippen LogP contribution in [0.1, 0.15) is 42.7 Å². The SMILES string of the molecule is CC(C)(C)[C@@H]1Cc2c(cc(-c3ccoc3)c3[nH]ccc23)-c2cc(=O)c(C(=O)O)cn21. The maximum absolute atomic E-state index is 12.6. The fraction of sp³-hybridized carbons (Fsp3) is 0.250. The van der Waals surface area contributed by atoms with Crippen molar-refractivity contribution in [3.63, 3.8) is 0 Å². The molecule has 0 spiro atoms. The first-order valence-electron chi connectivity index (χ1n) is 9.91. The van der Waals surface area contributed by atoms with E-state index in [2.05, 4.69) is 37.9 Å². The lowest BCUT2D eigenvalue weighted by atomic mass is 9.77. The molecule has 0 amide bonds. The lowest BCUT2D eigenvalue weighted by molar-refractivity contribution is 0.0693. The van der Waals surface area contributed by atoms with Crippen molar-refractivity contribution in [2.75, 3.05) is 0 Å². The molecule has 5 rings (SSSR count). The van der Waals surface area contributed by atoms with Gasteiger partial charge in [0.25, 0.3) is 0 Å². The molecule has 0 saturated carbocycles. The lowest BCUT2D eigenvalue weighted by Gasteiger charge is -2.39. The minimum absolute atomic E-state index is 0.0107. The Balaban J connectivity index is 1.88. The molecule has 0 bridgehead atoms. The largest absolute Gasteiger partial charge is 0.477 e. The highest BCUT2D eigenvalue weighted by Gasteiger charge is 2.34. The van der Waals surface area contributed by atoms with Gasteiger partial charge in [-0.15, -0.1) is 0 Å². The second-order valence-corrected chi connectivity index (χ2v) is 8.96. The molecule has 4 aromatic rings. The summed E-state index contributed by atoms with van der Waals surface area (Å²) >= 11 is 0. The van der Waals surface area contributed by atoms with E-state index in [1.165, 1.54) is 17.8 Å². The van der Waals surface area contributed by atoms with Crippen LogP contribution in [0.5, 0.6) is 0 Å². The van der Waals surface area contributed by atoms with Gasteiger partial charge in [-0.25, -0.2) is 4.79 Å². The standard InChI is InChI=1S/C24H22N2O4/c1-24(2,3)21-9-16-14-4-6-25-22(14)15(13-5-7-30-12-13)8-17(16)19-10-20(27)18(23(28)29)11-26(19)21/h4-8,10-12,21,25H,9H2,1-3H3,(H,28,29)/t21-/m0/s1. The fourth-order valence-electron chi connectivity index (χ4n) is 4.59. The van der Waals surface area contributed by atoms with Crippen LogP contribution in [0.15, 0.2) is 58.4 Å². The Morgan fingerprint density at radius 1 is 1.23 bits per heavy atom. The minimum Gasteiger partial charge on any atom is -0.477 e. The number of fused-ring (bicyclic) bond motifs is 5. The summed E-state index contributed by atoms with van der Waals surface area (Å²) in [5, 5.41) is 10.6. The highest BCUT2D eigenvalue weighted by molar-refractivity contribution is 6.01. The third-order valence-corrected chi connectivity index (χ3v) is 6.11. The van der Waals surface area contributed by atoms with Crippen LogP contribution in [0.4, 0.5) is 0 Å². The predicted molar refractivity (Wildman–Crippen MR) is 115 cm³/mol. The van der Waals surface area contributed by atoms with Crippen LogP contribution in [0.3, 0.4) is 0 Å². The van der Waals surface area contributed by atoms with Crippen molar-refractivity contribution < 1.29 is 14.3 Å². The first kappa shape index (κ1) is 18.5. The number of carbonyl (C=O) groups is 1. The van der Waals surface area contributed by atoms with E-state index in [1.807, 2.05) is 16.8 Å². The normalized spacial score (nSPS) is 15.8. The van der Waals surface area contributed by atoms with Gasteiger partial charge < -0.3 is 19.1 Å². The van der Waals surface area contributed by atoms with Gasteiger partial charge in [0.1, 0.15) is 5.56 Å². The number of aromatic carboxylic acids is 1. The monoisotopic (exact) mass is 402 g/mol. The molecule has 4 heterocycles. The maximum atomic E-state index is 12.6. The van der Waals surface area contributed by atoms with Crippen LogP contribution < -0.4 is 5.43 Å². The van der Waals surface area contributed by atoms with Crippen LogP contribution in [-0.4, -0.2) is 20.6 Å². The number of aromatic amines is 1. The van der Waals surface area contributed by atoms with Gasteiger partial charge >= 0.3 is 5.97 Å². The lowest BCUT2D eigenvalue weighted by Crippen LogP contribution is -2.32. The van der Waals surface area contributed by atoms with Gasteiger partial charge in [-0.1, -0.05) is 20.8 Å². The van der Waals surface area contributed by atoms with Crippen LogP contribution in [-0.2, 0) is 6.42 Å². The molecule has 0 unspecified atom stereocenters. The summed E-state index contributed by atoms with van der Waals surface area (Å²) in [6, 6.07) is 7.53. The summed E-state index contributed by atoms with van der Waals surface area (Å²) in [4.78, 5) is 27.6.